The minimum absolute atomic E-state index is 0.163. The van der Waals surface area contributed by atoms with Gasteiger partial charge in [-0.3, -0.25) is 0 Å². The Kier molecular flexibility index (Phi) is 5.38. The zero-order valence-corrected chi connectivity index (χ0v) is 12.5. The molecule has 0 spiro atoms. The summed E-state index contributed by atoms with van der Waals surface area (Å²) in [5, 5.41) is 5.50. The quantitative estimate of drug-likeness (QED) is 0.856. The first-order valence-corrected chi connectivity index (χ1v) is 7.64. The number of thiophene rings is 1. The van der Waals surface area contributed by atoms with Gasteiger partial charge in [0.2, 0.25) is 0 Å². The van der Waals surface area contributed by atoms with Crippen LogP contribution < -0.4 is 11.1 Å². The summed E-state index contributed by atoms with van der Waals surface area (Å²) in [5.41, 5.74) is 7.40. The van der Waals surface area contributed by atoms with Crippen LogP contribution in [-0.4, -0.2) is 12.6 Å². The third kappa shape index (κ3) is 4.53. The maximum Gasteiger partial charge on any atom is 0.0300 e. The Morgan fingerprint density at radius 1 is 1.28 bits per heavy atom. The highest BCUT2D eigenvalue weighted by Gasteiger charge is 2.04. The van der Waals surface area contributed by atoms with Crippen molar-refractivity contribution in [3.8, 4) is 0 Å². The SMILES string of the molecule is NC(CNCc1cc(Br)cs1)Cc1ccccc1. The van der Waals surface area contributed by atoms with E-state index in [0.29, 0.717) is 0 Å². The van der Waals surface area contributed by atoms with Gasteiger partial charge in [0, 0.05) is 33.9 Å². The molecule has 0 fully saturated rings. The number of hydrogen-bond acceptors (Lipinski definition) is 3. The van der Waals surface area contributed by atoms with E-state index in [4.69, 9.17) is 5.73 Å². The number of nitrogens with two attached hydrogens (primary N) is 1. The molecule has 0 aliphatic heterocycles. The van der Waals surface area contributed by atoms with Crippen LogP contribution in [0.3, 0.4) is 0 Å². The highest BCUT2D eigenvalue weighted by Crippen LogP contribution is 2.19. The van der Waals surface area contributed by atoms with Gasteiger partial charge in [-0.15, -0.1) is 11.3 Å². The second-order valence-corrected chi connectivity index (χ2v) is 6.22. The fourth-order valence-electron chi connectivity index (χ4n) is 1.82. The zero-order valence-electron chi connectivity index (χ0n) is 10.1. The van der Waals surface area contributed by atoms with Crippen LogP contribution in [0.5, 0.6) is 0 Å². The molecule has 96 valence electrons. The van der Waals surface area contributed by atoms with E-state index in [0.717, 1.165) is 24.0 Å². The van der Waals surface area contributed by atoms with Crippen LogP contribution in [-0.2, 0) is 13.0 Å². The second-order valence-electron chi connectivity index (χ2n) is 4.31. The summed E-state index contributed by atoms with van der Waals surface area (Å²) in [4.78, 5) is 1.33. The lowest BCUT2D eigenvalue weighted by Crippen LogP contribution is -2.35. The Labute approximate surface area is 120 Å². The molecule has 0 radical (unpaired) electrons. The molecule has 1 aromatic heterocycles. The molecule has 2 rings (SSSR count). The highest BCUT2D eigenvalue weighted by atomic mass is 79.9. The van der Waals surface area contributed by atoms with E-state index in [1.165, 1.54) is 10.4 Å². The van der Waals surface area contributed by atoms with E-state index in [9.17, 15) is 0 Å². The van der Waals surface area contributed by atoms with E-state index < -0.39 is 0 Å². The molecule has 0 amide bonds. The molecule has 1 heterocycles. The molecule has 2 aromatic rings. The summed E-state index contributed by atoms with van der Waals surface area (Å²) in [5.74, 6) is 0. The van der Waals surface area contributed by atoms with Gasteiger partial charge in [-0.1, -0.05) is 30.3 Å². The molecule has 0 bridgehead atoms. The summed E-state index contributed by atoms with van der Waals surface area (Å²) in [6, 6.07) is 12.7. The van der Waals surface area contributed by atoms with Crippen LogP contribution in [0.15, 0.2) is 46.3 Å². The topological polar surface area (TPSA) is 38.0 Å². The molecule has 1 atom stereocenters. The first kappa shape index (κ1) is 13.7. The van der Waals surface area contributed by atoms with Gasteiger partial charge in [-0.25, -0.2) is 0 Å². The summed E-state index contributed by atoms with van der Waals surface area (Å²) in [6.07, 6.45) is 0.919. The molecular weight excluding hydrogens is 308 g/mol. The number of halogens is 1. The predicted molar refractivity (Wildman–Crippen MR) is 81.8 cm³/mol. The van der Waals surface area contributed by atoms with Gasteiger partial charge in [0.15, 0.2) is 0 Å². The maximum atomic E-state index is 6.11. The minimum Gasteiger partial charge on any atom is -0.326 e. The van der Waals surface area contributed by atoms with Gasteiger partial charge in [0.25, 0.3) is 0 Å². The lowest BCUT2D eigenvalue weighted by atomic mass is 10.1. The van der Waals surface area contributed by atoms with Crippen molar-refractivity contribution in [1.29, 1.82) is 0 Å². The van der Waals surface area contributed by atoms with Crippen molar-refractivity contribution in [2.24, 2.45) is 5.73 Å². The lowest BCUT2D eigenvalue weighted by Gasteiger charge is -2.12. The molecule has 0 aliphatic rings. The van der Waals surface area contributed by atoms with E-state index in [2.05, 4.69) is 57.0 Å². The Hall–Kier alpha value is -0.680. The molecule has 1 aromatic carbocycles. The van der Waals surface area contributed by atoms with Crippen molar-refractivity contribution >= 4 is 27.3 Å². The molecule has 0 saturated carbocycles. The molecule has 2 nitrogen and oxygen atoms in total. The number of hydrogen-bond donors (Lipinski definition) is 2. The van der Waals surface area contributed by atoms with Crippen molar-refractivity contribution in [2.45, 2.75) is 19.0 Å². The second kappa shape index (κ2) is 7.04. The normalized spacial score (nSPS) is 12.6. The van der Waals surface area contributed by atoms with Gasteiger partial charge < -0.3 is 11.1 Å². The van der Waals surface area contributed by atoms with Crippen LogP contribution in [0.2, 0.25) is 0 Å². The summed E-state index contributed by atoms with van der Waals surface area (Å²) in [7, 11) is 0. The molecular formula is C14H17BrN2S. The third-order valence-electron chi connectivity index (χ3n) is 2.67. The van der Waals surface area contributed by atoms with E-state index in [1.54, 1.807) is 11.3 Å². The van der Waals surface area contributed by atoms with Crippen LogP contribution in [0, 0.1) is 0 Å². The molecule has 4 heteroatoms. The van der Waals surface area contributed by atoms with Gasteiger partial charge in [0.1, 0.15) is 0 Å². The first-order valence-electron chi connectivity index (χ1n) is 5.97. The molecule has 3 N–H and O–H groups in total. The Bertz CT molecular complexity index is 470. The lowest BCUT2D eigenvalue weighted by molar-refractivity contribution is 0.576. The number of rotatable bonds is 6. The average molecular weight is 325 g/mol. The summed E-state index contributed by atoms with van der Waals surface area (Å²) < 4.78 is 1.15. The monoisotopic (exact) mass is 324 g/mol. The van der Waals surface area contributed by atoms with Crippen molar-refractivity contribution in [1.82, 2.24) is 5.32 Å². The van der Waals surface area contributed by atoms with Crippen LogP contribution in [0.4, 0.5) is 0 Å². The van der Waals surface area contributed by atoms with Gasteiger partial charge >= 0.3 is 0 Å². The van der Waals surface area contributed by atoms with Gasteiger partial charge in [-0.2, -0.15) is 0 Å². The predicted octanol–water partition coefficient (Wildman–Crippen LogP) is 3.17. The molecule has 1 unspecified atom stereocenters. The maximum absolute atomic E-state index is 6.11. The van der Waals surface area contributed by atoms with E-state index >= 15 is 0 Å². The average Bonchev–Trinajstić information content (AvgIpc) is 2.76. The van der Waals surface area contributed by atoms with E-state index in [-0.39, 0.29) is 6.04 Å². The van der Waals surface area contributed by atoms with E-state index in [1.807, 2.05) is 6.07 Å². The first-order chi connectivity index (χ1) is 8.74. The largest absolute Gasteiger partial charge is 0.326 e. The Morgan fingerprint density at radius 3 is 2.72 bits per heavy atom. The fraction of sp³-hybridized carbons (Fsp3) is 0.286. The van der Waals surface area contributed by atoms with Crippen molar-refractivity contribution in [2.75, 3.05) is 6.54 Å². The molecule has 18 heavy (non-hydrogen) atoms. The Morgan fingerprint density at radius 2 is 2.06 bits per heavy atom. The van der Waals surface area contributed by atoms with Crippen LogP contribution >= 0.6 is 27.3 Å². The number of nitrogens with one attached hydrogen (secondary N) is 1. The number of benzene rings is 1. The van der Waals surface area contributed by atoms with Crippen molar-refractivity contribution < 1.29 is 0 Å². The standard InChI is InChI=1S/C14H17BrN2S/c15-12-7-14(18-10-12)9-17-8-13(16)6-11-4-2-1-3-5-11/h1-5,7,10,13,17H,6,8-9,16H2. The Balaban J connectivity index is 1.70. The van der Waals surface area contributed by atoms with Crippen LogP contribution in [0.1, 0.15) is 10.4 Å². The minimum atomic E-state index is 0.163. The summed E-state index contributed by atoms with van der Waals surface area (Å²) >= 11 is 5.21. The van der Waals surface area contributed by atoms with Crippen molar-refractivity contribution in [3.63, 3.8) is 0 Å². The van der Waals surface area contributed by atoms with Crippen LogP contribution in [0.25, 0.3) is 0 Å². The third-order valence-corrected chi connectivity index (χ3v) is 4.37. The fourth-order valence-corrected chi connectivity index (χ4v) is 3.24. The van der Waals surface area contributed by atoms with Crippen molar-refractivity contribution in [3.05, 3.63) is 56.7 Å². The molecule has 0 aliphatic carbocycles. The smallest absolute Gasteiger partial charge is 0.0300 e. The zero-order chi connectivity index (χ0) is 12.8. The van der Waals surface area contributed by atoms with Gasteiger partial charge in [-0.05, 0) is 34.0 Å². The highest BCUT2D eigenvalue weighted by molar-refractivity contribution is 9.10. The molecule has 0 saturated heterocycles. The van der Waals surface area contributed by atoms with Gasteiger partial charge in [0.05, 0.1) is 0 Å². The summed E-state index contributed by atoms with van der Waals surface area (Å²) in [6.45, 7) is 1.73.